The van der Waals surface area contributed by atoms with E-state index in [1.165, 1.54) is 33.0 Å². The molecule has 0 bridgehead atoms. The van der Waals surface area contributed by atoms with Gasteiger partial charge >= 0.3 is 0 Å². The Balaban J connectivity index is 1.97. The maximum atomic E-state index is 6.74. The van der Waals surface area contributed by atoms with Crippen molar-refractivity contribution in [1.29, 1.82) is 0 Å². The van der Waals surface area contributed by atoms with E-state index in [4.69, 9.17) is 11.6 Å². The van der Waals surface area contributed by atoms with Gasteiger partial charge in [0, 0.05) is 0 Å². The van der Waals surface area contributed by atoms with Gasteiger partial charge in [-0.05, 0) is 47.7 Å². The summed E-state index contributed by atoms with van der Waals surface area (Å²) in [6.07, 6.45) is 0.864. The molecule has 0 spiro atoms. The second-order valence-electron chi connectivity index (χ2n) is 5.67. The molecule has 3 rings (SSSR count). The summed E-state index contributed by atoms with van der Waals surface area (Å²) in [4.78, 5) is 0. The molecule has 106 valence electrons. The van der Waals surface area contributed by atoms with E-state index in [1.807, 2.05) is 0 Å². The van der Waals surface area contributed by atoms with Gasteiger partial charge in [-0.15, -0.1) is 11.6 Å². The Labute approximate surface area is 131 Å². The smallest absolute Gasteiger partial charge is 0.0631 e. The molecule has 21 heavy (non-hydrogen) atoms. The van der Waals surface area contributed by atoms with Crippen molar-refractivity contribution in [3.8, 4) is 0 Å². The van der Waals surface area contributed by atoms with Crippen LogP contribution in [0.4, 0.5) is 0 Å². The number of hydrogen-bond donors (Lipinski definition) is 0. The Kier molecular flexibility index (Phi) is 3.98. The van der Waals surface area contributed by atoms with Crippen LogP contribution in [0.1, 0.15) is 27.6 Å². The average Bonchev–Trinajstić information content (AvgIpc) is 2.50. The zero-order valence-electron chi connectivity index (χ0n) is 12.4. The first-order chi connectivity index (χ1) is 10.1. The molecule has 0 aliphatic heterocycles. The largest absolute Gasteiger partial charge is 0.117 e. The average molecular weight is 295 g/mol. The van der Waals surface area contributed by atoms with Crippen molar-refractivity contribution in [1.82, 2.24) is 0 Å². The van der Waals surface area contributed by atoms with Crippen LogP contribution in [0.15, 0.2) is 60.7 Å². The molecule has 0 N–H and O–H groups in total. The lowest BCUT2D eigenvalue weighted by Gasteiger charge is -2.15. The highest BCUT2D eigenvalue weighted by Crippen LogP contribution is 2.32. The van der Waals surface area contributed by atoms with Crippen LogP contribution in [0.2, 0.25) is 0 Å². The quantitative estimate of drug-likeness (QED) is 0.521. The number of alkyl halides is 1. The van der Waals surface area contributed by atoms with Crippen LogP contribution in [-0.4, -0.2) is 0 Å². The van der Waals surface area contributed by atoms with Crippen LogP contribution in [0, 0.1) is 13.8 Å². The van der Waals surface area contributed by atoms with Crippen molar-refractivity contribution in [2.45, 2.75) is 25.6 Å². The number of benzene rings is 3. The predicted molar refractivity (Wildman–Crippen MR) is 92.2 cm³/mol. The minimum atomic E-state index is -0.00315. The van der Waals surface area contributed by atoms with E-state index in [0.29, 0.717) is 0 Å². The Bertz CT molecular complexity index is 768. The molecule has 0 saturated heterocycles. The normalized spacial score (nSPS) is 12.5. The van der Waals surface area contributed by atoms with E-state index >= 15 is 0 Å². The van der Waals surface area contributed by atoms with Crippen molar-refractivity contribution in [3.05, 3.63) is 82.9 Å². The van der Waals surface area contributed by atoms with Crippen molar-refractivity contribution in [2.24, 2.45) is 0 Å². The highest BCUT2D eigenvalue weighted by Gasteiger charge is 2.13. The molecule has 0 nitrogen and oxygen atoms in total. The number of fused-ring (bicyclic) bond motifs is 1. The molecule has 0 saturated carbocycles. The Morgan fingerprint density at radius 2 is 1.67 bits per heavy atom. The van der Waals surface area contributed by atoms with E-state index in [9.17, 15) is 0 Å². The zero-order valence-corrected chi connectivity index (χ0v) is 13.2. The fourth-order valence-corrected chi connectivity index (χ4v) is 3.20. The highest BCUT2D eigenvalue weighted by molar-refractivity contribution is 6.22. The second-order valence-corrected chi connectivity index (χ2v) is 6.20. The lowest BCUT2D eigenvalue weighted by atomic mass is 9.95. The molecule has 0 radical (unpaired) electrons. The lowest BCUT2D eigenvalue weighted by Crippen LogP contribution is -1.99. The first kappa shape index (κ1) is 14.2. The number of halogens is 1. The number of rotatable bonds is 3. The summed E-state index contributed by atoms with van der Waals surface area (Å²) >= 11 is 6.74. The Morgan fingerprint density at radius 1 is 0.905 bits per heavy atom. The van der Waals surface area contributed by atoms with Gasteiger partial charge in [0.05, 0.1) is 5.38 Å². The molecule has 3 aromatic rings. The number of aryl methyl sites for hydroxylation is 2. The molecule has 3 aromatic carbocycles. The molecule has 1 atom stereocenters. The Morgan fingerprint density at radius 3 is 2.52 bits per heavy atom. The summed E-state index contributed by atoms with van der Waals surface area (Å²) in [5.41, 5.74) is 5.16. The topological polar surface area (TPSA) is 0 Å². The van der Waals surface area contributed by atoms with Gasteiger partial charge in [-0.2, -0.15) is 0 Å². The molecule has 0 amide bonds. The van der Waals surface area contributed by atoms with Crippen LogP contribution in [0.25, 0.3) is 10.8 Å². The third-order valence-corrected chi connectivity index (χ3v) is 4.45. The molecule has 0 heterocycles. The van der Waals surface area contributed by atoms with Crippen molar-refractivity contribution < 1.29 is 0 Å². The maximum absolute atomic E-state index is 6.74. The molecular weight excluding hydrogens is 276 g/mol. The minimum absolute atomic E-state index is 0.00315. The third kappa shape index (κ3) is 2.96. The summed E-state index contributed by atoms with van der Waals surface area (Å²) in [7, 11) is 0. The van der Waals surface area contributed by atoms with E-state index in [2.05, 4.69) is 74.5 Å². The zero-order chi connectivity index (χ0) is 14.8. The van der Waals surface area contributed by atoms with Crippen LogP contribution in [0.5, 0.6) is 0 Å². The fourth-order valence-electron chi connectivity index (χ4n) is 2.85. The van der Waals surface area contributed by atoms with E-state index < -0.39 is 0 Å². The first-order valence-electron chi connectivity index (χ1n) is 7.33. The molecule has 1 heteroatoms. The molecule has 0 aliphatic carbocycles. The molecular formula is C20H19Cl. The molecule has 0 aliphatic rings. The van der Waals surface area contributed by atoms with Gasteiger partial charge in [0.15, 0.2) is 0 Å². The summed E-state index contributed by atoms with van der Waals surface area (Å²) in [6, 6.07) is 21.4. The second kappa shape index (κ2) is 5.91. The number of hydrogen-bond acceptors (Lipinski definition) is 0. The maximum Gasteiger partial charge on any atom is 0.0631 e. The SMILES string of the molecule is Cc1ccc(C)c(CC(Cl)c2cccc3ccccc23)c1. The monoisotopic (exact) mass is 294 g/mol. The van der Waals surface area contributed by atoms with Gasteiger partial charge < -0.3 is 0 Å². The summed E-state index contributed by atoms with van der Waals surface area (Å²) in [5.74, 6) is 0. The van der Waals surface area contributed by atoms with Gasteiger partial charge in [-0.1, -0.05) is 66.2 Å². The minimum Gasteiger partial charge on any atom is -0.117 e. The van der Waals surface area contributed by atoms with E-state index in [-0.39, 0.29) is 5.38 Å². The molecule has 0 aromatic heterocycles. The highest BCUT2D eigenvalue weighted by atomic mass is 35.5. The first-order valence-corrected chi connectivity index (χ1v) is 7.76. The van der Waals surface area contributed by atoms with Gasteiger partial charge in [-0.3, -0.25) is 0 Å². The molecule has 0 fully saturated rings. The van der Waals surface area contributed by atoms with E-state index in [0.717, 1.165) is 6.42 Å². The standard InChI is InChI=1S/C20H19Cl/c1-14-10-11-15(2)17(12-14)13-20(21)19-9-5-7-16-6-3-4-8-18(16)19/h3-12,20H,13H2,1-2H3. The fraction of sp³-hybridized carbons (Fsp3) is 0.200. The third-order valence-electron chi connectivity index (χ3n) is 4.06. The van der Waals surface area contributed by atoms with Gasteiger partial charge in [0.25, 0.3) is 0 Å². The molecule has 1 unspecified atom stereocenters. The van der Waals surface area contributed by atoms with Crippen molar-refractivity contribution in [3.63, 3.8) is 0 Å². The van der Waals surface area contributed by atoms with Crippen LogP contribution in [0.3, 0.4) is 0 Å². The summed E-state index contributed by atoms with van der Waals surface area (Å²) in [5, 5.41) is 2.50. The lowest BCUT2D eigenvalue weighted by molar-refractivity contribution is 0.917. The van der Waals surface area contributed by atoms with Gasteiger partial charge in [0.1, 0.15) is 0 Å². The van der Waals surface area contributed by atoms with Crippen molar-refractivity contribution >= 4 is 22.4 Å². The Hall–Kier alpha value is -1.79. The summed E-state index contributed by atoms with van der Waals surface area (Å²) in [6.45, 7) is 4.28. The van der Waals surface area contributed by atoms with Gasteiger partial charge in [-0.25, -0.2) is 0 Å². The van der Waals surface area contributed by atoms with E-state index in [1.54, 1.807) is 0 Å². The van der Waals surface area contributed by atoms with Crippen molar-refractivity contribution in [2.75, 3.05) is 0 Å². The van der Waals surface area contributed by atoms with Crippen LogP contribution < -0.4 is 0 Å². The van der Waals surface area contributed by atoms with Gasteiger partial charge in [0.2, 0.25) is 0 Å². The van der Waals surface area contributed by atoms with Crippen LogP contribution in [-0.2, 0) is 6.42 Å². The summed E-state index contributed by atoms with van der Waals surface area (Å²) < 4.78 is 0. The predicted octanol–water partition coefficient (Wildman–Crippen LogP) is 5.98. The van der Waals surface area contributed by atoms with Crippen LogP contribution >= 0.6 is 11.6 Å².